The van der Waals surface area contributed by atoms with Crippen molar-refractivity contribution in [1.82, 2.24) is 15.6 Å². The highest BCUT2D eigenvalue weighted by Gasteiger charge is 2.27. The molecule has 9 heteroatoms. The molecule has 1 unspecified atom stereocenters. The molecule has 1 aromatic carbocycles. The van der Waals surface area contributed by atoms with E-state index in [0.29, 0.717) is 35.2 Å². The van der Waals surface area contributed by atoms with Gasteiger partial charge in [-0.2, -0.15) is 0 Å². The topological polar surface area (TPSA) is 100 Å². The van der Waals surface area contributed by atoms with E-state index >= 15 is 0 Å². The minimum atomic E-state index is -0.516. The van der Waals surface area contributed by atoms with Crippen LogP contribution in [0.3, 0.4) is 0 Å². The average Bonchev–Trinajstić information content (AvgIpc) is 3.23. The fourth-order valence-corrected chi connectivity index (χ4v) is 3.32. The van der Waals surface area contributed by atoms with Crippen LogP contribution in [0.15, 0.2) is 29.6 Å². The predicted molar refractivity (Wildman–Crippen MR) is 98.9 cm³/mol. The average molecular weight is 393 g/mol. The Morgan fingerprint density at radius 2 is 2.08 bits per heavy atom. The Labute approximate surface area is 159 Å². The molecular formula is C17H17ClN4O3S. The highest BCUT2D eigenvalue weighted by Crippen LogP contribution is 2.17. The highest BCUT2D eigenvalue weighted by molar-refractivity contribution is 7.13. The van der Waals surface area contributed by atoms with Crippen LogP contribution in [-0.2, 0) is 27.3 Å². The third-order valence-corrected chi connectivity index (χ3v) is 4.90. The molecule has 26 heavy (non-hydrogen) atoms. The monoisotopic (exact) mass is 392 g/mol. The summed E-state index contributed by atoms with van der Waals surface area (Å²) in [5, 5.41) is 10.9. The zero-order valence-corrected chi connectivity index (χ0v) is 15.3. The molecular weight excluding hydrogens is 376 g/mol. The van der Waals surface area contributed by atoms with E-state index in [1.54, 1.807) is 17.5 Å². The fourth-order valence-electron chi connectivity index (χ4n) is 2.48. The third kappa shape index (κ3) is 5.03. The summed E-state index contributed by atoms with van der Waals surface area (Å²) in [7, 11) is 0. The summed E-state index contributed by atoms with van der Waals surface area (Å²) >= 11 is 7.07. The molecule has 3 rings (SSSR count). The van der Waals surface area contributed by atoms with E-state index in [0.717, 1.165) is 5.56 Å². The van der Waals surface area contributed by atoms with Crippen LogP contribution in [0.5, 0.6) is 0 Å². The number of anilines is 1. The second-order valence-corrected chi connectivity index (χ2v) is 7.17. The van der Waals surface area contributed by atoms with E-state index in [1.807, 2.05) is 12.1 Å². The summed E-state index contributed by atoms with van der Waals surface area (Å²) in [4.78, 5) is 39.5. The first-order chi connectivity index (χ1) is 12.5. The molecule has 2 aromatic rings. The Morgan fingerprint density at radius 1 is 1.31 bits per heavy atom. The molecule has 0 saturated carbocycles. The molecule has 0 bridgehead atoms. The van der Waals surface area contributed by atoms with Gasteiger partial charge in [-0.3, -0.25) is 14.4 Å². The van der Waals surface area contributed by atoms with Crippen LogP contribution in [0.2, 0.25) is 5.02 Å². The number of rotatable bonds is 6. The van der Waals surface area contributed by atoms with Crippen molar-refractivity contribution in [2.24, 2.45) is 0 Å². The quantitative estimate of drug-likeness (QED) is 0.698. The van der Waals surface area contributed by atoms with Crippen LogP contribution in [0.1, 0.15) is 24.1 Å². The normalized spacial score (nSPS) is 16.2. The molecule has 3 amide bonds. The first kappa shape index (κ1) is 18.3. The molecule has 1 fully saturated rings. The molecule has 0 radical (unpaired) electrons. The van der Waals surface area contributed by atoms with Gasteiger partial charge in [0, 0.05) is 23.4 Å². The Bertz CT molecular complexity index is 822. The lowest BCUT2D eigenvalue weighted by atomic mass is 10.2. The lowest BCUT2D eigenvalue weighted by molar-refractivity contribution is -0.122. The second kappa shape index (κ2) is 8.29. The summed E-state index contributed by atoms with van der Waals surface area (Å²) in [5.41, 5.74) is 1.53. The van der Waals surface area contributed by atoms with E-state index in [2.05, 4.69) is 20.9 Å². The molecule has 1 atom stereocenters. The van der Waals surface area contributed by atoms with Crippen molar-refractivity contribution >= 4 is 45.8 Å². The number of amides is 3. The Morgan fingerprint density at radius 3 is 2.77 bits per heavy atom. The lowest BCUT2D eigenvalue weighted by Gasteiger charge is -2.08. The summed E-state index contributed by atoms with van der Waals surface area (Å²) in [6.07, 6.45) is 0.963. The smallest absolute Gasteiger partial charge is 0.248 e. The number of hydrogen-bond donors (Lipinski definition) is 3. The minimum absolute atomic E-state index is 0.123. The molecule has 1 aliphatic rings. The van der Waals surface area contributed by atoms with Gasteiger partial charge < -0.3 is 16.0 Å². The number of halogens is 1. The molecule has 0 aliphatic carbocycles. The largest absolute Gasteiger partial charge is 0.352 e. The summed E-state index contributed by atoms with van der Waals surface area (Å²) < 4.78 is 0. The number of thiazole rings is 1. The Balaban J connectivity index is 1.46. The van der Waals surface area contributed by atoms with Crippen molar-refractivity contribution in [2.45, 2.75) is 31.8 Å². The van der Waals surface area contributed by atoms with Gasteiger partial charge in [0.25, 0.3) is 0 Å². The van der Waals surface area contributed by atoms with Gasteiger partial charge in [-0.1, -0.05) is 23.7 Å². The van der Waals surface area contributed by atoms with Crippen LogP contribution in [0.25, 0.3) is 0 Å². The molecule has 1 aliphatic heterocycles. The zero-order valence-electron chi connectivity index (χ0n) is 13.8. The first-order valence-corrected chi connectivity index (χ1v) is 9.31. The van der Waals surface area contributed by atoms with Gasteiger partial charge in [-0.05, 0) is 24.1 Å². The van der Waals surface area contributed by atoms with Crippen molar-refractivity contribution in [1.29, 1.82) is 0 Å². The van der Waals surface area contributed by atoms with Gasteiger partial charge in [0.2, 0.25) is 17.7 Å². The van der Waals surface area contributed by atoms with E-state index in [1.165, 1.54) is 11.3 Å². The van der Waals surface area contributed by atoms with E-state index < -0.39 is 6.04 Å². The van der Waals surface area contributed by atoms with E-state index in [9.17, 15) is 14.4 Å². The Kier molecular flexibility index (Phi) is 5.85. The van der Waals surface area contributed by atoms with Crippen LogP contribution >= 0.6 is 22.9 Å². The second-order valence-electron chi connectivity index (χ2n) is 5.87. The van der Waals surface area contributed by atoms with Gasteiger partial charge in [0.15, 0.2) is 5.13 Å². The first-order valence-electron chi connectivity index (χ1n) is 8.05. The molecule has 3 N–H and O–H groups in total. The van der Waals surface area contributed by atoms with Crippen molar-refractivity contribution in [3.8, 4) is 0 Å². The number of benzene rings is 1. The molecule has 1 aromatic heterocycles. The molecule has 7 nitrogen and oxygen atoms in total. The maximum Gasteiger partial charge on any atom is 0.248 e. The number of hydrogen-bond acceptors (Lipinski definition) is 5. The van der Waals surface area contributed by atoms with Crippen molar-refractivity contribution in [3.05, 3.63) is 45.9 Å². The van der Waals surface area contributed by atoms with Gasteiger partial charge in [-0.15, -0.1) is 11.3 Å². The predicted octanol–water partition coefficient (Wildman–Crippen LogP) is 1.87. The summed E-state index contributed by atoms with van der Waals surface area (Å²) in [6, 6.07) is 6.72. The molecule has 2 heterocycles. The van der Waals surface area contributed by atoms with Crippen molar-refractivity contribution in [2.75, 3.05) is 5.32 Å². The maximum atomic E-state index is 12.0. The number of nitrogens with one attached hydrogen (secondary N) is 3. The molecule has 1 saturated heterocycles. The number of carbonyl (C=O) groups is 3. The van der Waals surface area contributed by atoms with Crippen LogP contribution in [0, 0.1) is 0 Å². The molecule has 0 spiro atoms. The van der Waals surface area contributed by atoms with Gasteiger partial charge in [0.1, 0.15) is 6.04 Å². The number of aromatic nitrogens is 1. The van der Waals surface area contributed by atoms with E-state index in [-0.39, 0.29) is 24.1 Å². The summed E-state index contributed by atoms with van der Waals surface area (Å²) in [6.45, 7) is 0.408. The van der Waals surface area contributed by atoms with Crippen LogP contribution in [0.4, 0.5) is 5.13 Å². The van der Waals surface area contributed by atoms with E-state index in [4.69, 9.17) is 11.6 Å². The minimum Gasteiger partial charge on any atom is -0.352 e. The van der Waals surface area contributed by atoms with Gasteiger partial charge in [-0.25, -0.2) is 4.98 Å². The Hall–Kier alpha value is -2.45. The van der Waals surface area contributed by atoms with Crippen LogP contribution < -0.4 is 16.0 Å². The standard InChI is InChI=1S/C17H17ClN4O3S/c18-11-3-1-10(2-4-11)8-19-15(24)7-12-9-26-17(20-12)22-16(25)13-5-6-14(23)21-13/h1-4,9,13H,5-8H2,(H,19,24)(H,21,23)(H,20,22,25). The third-order valence-electron chi connectivity index (χ3n) is 3.84. The van der Waals surface area contributed by atoms with Crippen LogP contribution in [-0.4, -0.2) is 28.7 Å². The van der Waals surface area contributed by atoms with Gasteiger partial charge in [0.05, 0.1) is 12.1 Å². The van der Waals surface area contributed by atoms with Crippen molar-refractivity contribution < 1.29 is 14.4 Å². The number of nitrogens with zero attached hydrogens (tertiary/aromatic N) is 1. The highest BCUT2D eigenvalue weighted by atomic mass is 35.5. The lowest BCUT2D eigenvalue weighted by Crippen LogP contribution is -2.37. The van der Waals surface area contributed by atoms with Crippen molar-refractivity contribution in [3.63, 3.8) is 0 Å². The molecule has 136 valence electrons. The van der Waals surface area contributed by atoms with Gasteiger partial charge >= 0.3 is 0 Å². The number of carbonyl (C=O) groups excluding carboxylic acids is 3. The SMILES string of the molecule is O=C(Cc1csc(NC(=O)C2CCC(=O)N2)n1)NCc1ccc(Cl)cc1. The zero-order chi connectivity index (χ0) is 18.5. The fraction of sp³-hybridized carbons (Fsp3) is 0.294. The maximum absolute atomic E-state index is 12.0. The summed E-state index contributed by atoms with van der Waals surface area (Å²) in [5.74, 6) is -0.572.